The molecular weight excluding hydrogens is 440 g/mol. The van der Waals surface area contributed by atoms with Gasteiger partial charge in [-0.25, -0.2) is 0 Å². The molecule has 4 aromatic rings. The minimum Gasteiger partial charge on any atom is -0.352 e. The standard InChI is InChI=1S/C30H28N2O.ClH/c33-30(21-14-15-27-25-10-3-4-11-26(25)29(27)17-21)31-16-6-5-8-23-18-28-22(19-32-23)13-12-20-7-1-2-9-24(20)28;/h1-4,7,9-15,17,23,32H,5-6,8,16,18-19H2,(H,31,33);1H. The number of unbranched alkanes of at least 4 members (excludes halogenated alkanes) is 1. The van der Waals surface area contributed by atoms with Gasteiger partial charge in [0.05, 0.1) is 0 Å². The number of nitrogens with one attached hydrogen (secondary N) is 2. The molecule has 0 radical (unpaired) electrons. The number of halogens is 1. The van der Waals surface area contributed by atoms with E-state index in [9.17, 15) is 4.79 Å². The lowest BCUT2D eigenvalue weighted by molar-refractivity contribution is 0.0953. The highest BCUT2D eigenvalue weighted by Crippen LogP contribution is 2.46. The summed E-state index contributed by atoms with van der Waals surface area (Å²) in [6.07, 6.45) is 4.32. The highest BCUT2D eigenvalue weighted by atomic mass is 35.5. The van der Waals surface area contributed by atoms with Crippen LogP contribution >= 0.6 is 12.4 Å². The largest absolute Gasteiger partial charge is 0.352 e. The maximum Gasteiger partial charge on any atom is 0.251 e. The smallest absolute Gasteiger partial charge is 0.251 e. The number of hydrogen-bond acceptors (Lipinski definition) is 2. The first-order chi connectivity index (χ1) is 16.3. The highest BCUT2D eigenvalue weighted by molar-refractivity contribution is 6.05. The van der Waals surface area contributed by atoms with Gasteiger partial charge in [0, 0.05) is 24.7 Å². The molecule has 34 heavy (non-hydrogen) atoms. The second kappa shape index (κ2) is 9.61. The molecule has 1 unspecified atom stereocenters. The molecule has 4 heteroatoms. The fourth-order valence-corrected chi connectivity index (χ4v) is 5.42. The van der Waals surface area contributed by atoms with Crippen LogP contribution in [0.15, 0.2) is 78.9 Å². The van der Waals surface area contributed by atoms with Crippen LogP contribution in [0.1, 0.15) is 40.7 Å². The first kappa shape index (κ1) is 22.6. The molecule has 1 atom stereocenters. The number of benzene rings is 4. The Morgan fingerprint density at radius 2 is 1.62 bits per heavy atom. The van der Waals surface area contributed by atoms with Crippen molar-refractivity contribution in [2.24, 2.45) is 0 Å². The van der Waals surface area contributed by atoms with E-state index in [0.717, 1.165) is 44.3 Å². The number of fused-ring (bicyclic) bond motifs is 7. The van der Waals surface area contributed by atoms with Gasteiger partial charge in [0.1, 0.15) is 0 Å². The van der Waals surface area contributed by atoms with Gasteiger partial charge in [0.25, 0.3) is 5.91 Å². The van der Waals surface area contributed by atoms with Crippen molar-refractivity contribution in [3.63, 3.8) is 0 Å². The summed E-state index contributed by atoms with van der Waals surface area (Å²) in [7, 11) is 0. The fourth-order valence-electron chi connectivity index (χ4n) is 5.42. The SMILES string of the molecule is Cl.O=C(NCCCCC1Cc2c(ccc3ccccc23)CN1)c1ccc2c(c1)-c1ccccc1-2. The Labute approximate surface area is 207 Å². The highest BCUT2D eigenvalue weighted by Gasteiger charge is 2.23. The van der Waals surface area contributed by atoms with Crippen molar-refractivity contribution in [2.45, 2.75) is 38.3 Å². The lowest BCUT2D eigenvalue weighted by atomic mass is 9.80. The Morgan fingerprint density at radius 1 is 0.853 bits per heavy atom. The quantitative estimate of drug-likeness (QED) is 0.278. The van der Waals surface area contributed by atoms with E-state index in [0.29, 0.717) is 6.04 Å². The second-order valence-electron chi connectivity index (χ2n) is 9.26. The van der Waals surface area contributed by atoms with Gasteiger partial charge in [-0.1, -0.05) is 73.2 Å². The van der Waals surface area contributed by atoms with Crippen LogP contribution in [-0.2, 0) is 13.0 Å². The van der Waals surface area contributed by atoms with Crippen molar-refractivity contribution in [2.75, 3.05) is 6.54 Å². The van der Waals surface area contributed by atoms with Crippen molar-refractivity contribution in [1.82, 2.24) is 10.6 Å². The topological polar surface area (TPSA) is 41.1 Å². The van der Waals surface area contributed by atoms with E-state index in [-0.39, 0.29) is 18.3 Å². The third kappa shape index (κ3) is 4.11. The predicted octanol–water partition coefficient (Wildman–Crippen LogP) is 6.52. The summed E-state index contributed by atoms with van der Waals surface area (Å²) in [6.45, 7) is 1.67. The second-order valence-corrected chi connectivity index (χ2v) is 9.26. The summed E-state index contributed by atoms with van der Waals surface area (Å²) in [5, 5.41) is 9.55. The minimum atomic E-state index is 0. The van der Waals surface area contributed by atoms with E-state index < -0.39 is 0 Å². The van der Waals surface area contributed by atoms with E-state index >= 15 is 0 Å². The van der Waals surface area contributed by atoms with E-state index in [1.807, 2.05) is 12.1 Å². The lowest BCUT2D eigenvalue weighted by Gasteiger charge is -2.27. The van der Waals surface area contributed by atoms with Crippen LogP contribution in [0, 0.1) is 0 Å². The van der Waals surface area contributed by atoms with Crippen molar-refractivity contribution >= 4 is 29.1 Å². The Balaban J connectivity index is 0.00000241. The molecule has 1 aliphatic heterocycles. The third-order valence-electron chi connectivity index (χ3n) is 7.22. The normalized spacial score (nSPS) is 15.4. The summed E-state index contributed by atoms with van der Waals surface area (Å²) >= 11 is 0. The zero-order valence-electron chi connectivity index (χ0n) is 19.1. The van der Waals surface area contributed by atoms with Gasteiger partial charge in [0.2, 0.25) is 0 Å². The molecule has 1 heterocycles. The first-order valence-electron chi connectivity index (χ1n) is 12.0. The van der Waals surface area contributed by atoms with E-state index in [2.05, 4.69) is 77.4 Å². The molecule has 0 spiro atoms. The Kier molecular flexibility index (Phi) is 6.40. The van der Waals surface area contributed by atoms with Crippen LogP contribution < -0.4 is 10.6 Å². The van der Waals surface area contributed by atoms with Crippen LogP contribution in [0.2, 0.25) is 0 Å². The fraction of sp³-hybridized carbons (Fsp3) is 0.233. The van der Waals surface area contributed by atoms with Gasteiger partial charge in [-0.15, -0.1) is 12.4 Å². The van der Waals surface area contributed by atoms with Crippen LogP contribution in [0.4, 0.5) is 0 Å². The van der Waals surface area contributed by atoms with E-state index in [1.54, 1.807) is 0 Å². The Hall–Kier alpha value is -3.14. The van der Waals surface area contributed by atoms with Crippen LogP contribution in [0.3, 0.4) is 0 Å². The molecule has 172 valence electrons. The average Bonchev–Trinajstić information content (AvgIpc) is 2.86. The average molecular weight is 469 g/mol. The maximum atomic E-state index is 12.6. The zero-order valence-corrected chi connectivity index (χ0v) is 20.0. The van der Waals surface area contributed by atoms with Gasteiger partial charge in [0.15, 0.2) is 0 Å². The van der Waals surface area contributed by atoms with E-state index in [1.165, 1.54) is 44.2 Å². The van der Waals surface area contributed by atoms with Gasteiger partial charge in [-0.3, -0.25) is 4.79 Å². The number of carbonyl (C=O) groups is 1. The molecule has 0 bridgehead atoms. The zero-order chi connectivity index (χ0) is 22.2. The van der Waals surface area contributed by atoms with Gasteiger partial charge in [-0.05, 0) is 75.5 Å². The van der Waals surface area contributed by atoms with Gasteiger partial charge < -0.3 is 10.6 Å². The number of carbonyl (C=O) groups excluding carboxylic acids is 1. The lowest BCUT2D eigenvalue weighted by Crippen LogP contribution is -2.35. The Bertz CT molecular complexity index is 1360. The molecule has 1 aliphatic carbocycles. The summed E-state index contributed by atoms with van der Waals surface area (Å²) in [6, 6.07) is 28.1. The molecule has 2 aliphatic rings. The molecule has 0 aromatic heterocycles. The molecule has 4 aromatic carbocycles. The molecule has 6 rings (SSSR count). The van der Waals surface area contributed by atoms with Crippen LogP contribution in [-0.4, -0.2) is 18.5 Å². The third-order valence-corrected chi connectivity index (χ3v) is 7.22. The molecular formula is C30H29ClN2O. The molecule has 0 saturated carbocycles. The summed E-state index contributed by atoms with van der Waals surface area (Å²) in [5.74, 6) is 0.0263. The molecule has 2 N–H and O–H groups in total. The minimum absolute atomic E-state index is 0. The number of amides is 1. The van der Waals surface area contributed by atoms with E-state index in [4.69, 9.17) is 0 Å². The van der Waals surface area contributed by atoms with Crippen molar-refractivity contribution in [3.8, 4) is 22.3 Å². The van der Waals surface area contributed by atoms with Crippen LogP contribution in [0.5, 0.6) is 0 Å². The van der Waals surface area contributed by atoms with Crippen molar-refractivity contribution in [1.29, 1.82) is 0 Å². The predicted molar refractivity (Wildman–Crippen MR) is 143 cm³/mol. The summed E-state index contributed by atoms with van der Waals surface area (Å²) in [5.41, 5.74) is 8.65. The number of hydrogen-bond donors (Lipinski definition) is 2. The molecule has 1 amide bonds. The molecule has 0 saturated heterocycles. The molecule has 0 fully saturated rings. The Morgan fingerprint density at radius 3 is 2.50 bits per heavy atom. The monoisotopic (exact) mass is 468 g/mol. The summed E-state index contributed by atoms with van der Waals surface area (Å²) in [4.78, 5) is 12.6. The van der Waals surface area contributed by atoms with Crippen LogP contribution in [0.25, 0.3) is 33.0 Å². The van der Waals surface area contributed by atoms with Crippen molar-refractivity contribution in [3.05, 3.63) is 95.6 Å². The van der Waals surface area contributed by atoms with Gasteiger partial charge >= 0.3 is 0 Å². The number of rotatable bonds is 6. The van der Waals surface area contributed by atoms with Gasteiger partial charge in [-0.2, -0.15) is 0 Å². The first-order valence-corrected chi connectivity index (χ1v) is 12.0. The maximum absolute atomic E-state index is 12.6. The van der Waals surface area contributed by atoms with Crippen molar-refractivity contribution < 1.29 is 4.79 Å². The summed E-state index contributed by atoms with van der Waals surface area (Å²) < 4.78 is 0. The molecule has 3 nitrogen and oxygen atoms in total.